The van der Waals surface area contributed by atoms with E-state index < -0.39 is 0 Å². The molecular weight excluding hydrogens is 340 g/mol. The van der Waals surface area contributed by atoms with Gasteiger partial charge in [-0.1, -0.05) is 13.0 Å². The second-order valence-electron chi connectivity index (χ2n) is 7.75. The van der Waals surface area contributed by atoms with Crippen LogP contribution in [0.4, 0.5) is 0 Å². The van der Waals surface area contributed by atoms with Crippen molar-refractivity contribution in [3.63, 3.8) is 0 Å². The normalized spacial score (nSPS) is 16.4. The van der Waals surface area contributed by atoms with Gasteiger partial charge in [-0.05, 0) is 68.6 Å². The highest BCUT2D eigenvalue weighted by Gasteiger charge is 2.20. The van der Waals surface area contributed by atoms with Gasteiger partial charge in [0.2, 0.25) is 0 Å². The molecule has 2 heterocycles. The van der Waals surface area contributed by atoms with E-state index in [4.69, 9.17) is 9.15 Å². The number of aryl methyl sites for hydroxylation is 1. The molecule has 2 aromatic rings. The molecule has 1 fully saturated rings. The summed E-state index contributed by atoms with van der Waals surface area (Å²) >= 11 is 0. The van der Waals surface area contributed by atoms with Gasteiger partial charge < -0.3 is 19.0 Å². The minimum Gasteiger partial charge on any atom is -0.423 e. The van der Waals surface area contributed by atoms with Crippen molar-refractivity contribution in [2.24, 2.45) is 5.92 Å². The number of piperidine rings is 1. The molecule has 3 rings (SSSR count). The Hall–Kier alpha value is -1.69. The molecule has 0 spiro atoms. The molecule has 1 aromatic carbocycles. The van der Waals surface area contributed by atoms with Gasteiger partial charge in [0.15, 0.2) is 0 Å². The lowest BCUT2D eigenvalue weighted by Gasteiger charge is -2.33. The Labute approximate surface area is 161 Å². The van der Waals surface area contributed by atoms with E-state index in [1.54, 1.807) is 13.2 Å². The topological polar surface area (TPSA) is 45.9 Å². The Morgan fingerprint density at radius 1 is 1.26 bits per heavy atom. The van der Waals surface area contributed by atoms with Crippen molar-refractivity contribution in [2.75, 3.05) is 46.9 Å². The lowest BCUT2D eigenvalue weighted by molar-refractivity contribution is 0.110. The maximum Gasteiger partial charge on any atom is 0.336 e. The second-order valence-corrected chi connectivity index (χ2v) is 7.75. The third-order valence-corrected chi connectivity index (χ3v) is 5.63. The molecule has 1 saturated heterocycles. The van der Waals surface area contributed by atoms with E-state index in [0.29, 0.717) is 11.5 Å². The summed E-state index contributed by atoms with van der Waals surface area (Å²) in [7, 11) is 3.92. The molecule has 0 saturated carbocycles. The molecule has 0 bridgehead atoms. The predicted octanol–water partition coefficient (Wildman–Crippen LogP) is 3.15. The van der Waals surface area contributed by atoms with Gasteiger partial charge in [0.1, 0.15) is 5.58 Å². The lowest BCUT2D eigenvalue weighted by atomic mass is 9.96. The molecule has 1 aromatic heterocycles. The van der Waals surface area contributed by atoms with E-state index >= 15 is 0 Å². The molecule has 5 heteroatoms. The minimum absolute atomic E-state index is 0.262. The minimum atomic E-state index is -0.262. The van der Waals surface area contributed by atoms with Crippen molar-refractivity contribution in [3.8, 4) is 0 Å². The first-order chi connectivity index (χ1) is 13.1. The number of rotatable bonds is 8. The Morgan fingerprint density at radius 3 is 2.74 bits per heavy atom. The van der Waals surface area contributed by atoms with Gasteiger partial charge >= 0.3 is 5.63 Å². The maximum absolute atomic E-state index is 12.0. The van der Waals surface area contributed by atoms with Gasteiger partial charge in [0.05, 0.1) is 6.61 Å². The SMILES string of the molecule is CCc1ccc2oc(=O)cc(CN(C)CC3CCN(CCOC)CC3)c2c1. The highest BCUT2D eigenvalue weighted by atomic mass is 16.5. The number of likely N-dealkylation sites (tertiary alicyclic amines) is 1. The van der Waals surface area contributed by atoms with Gasteiger partial charge in [0.25, 0.3) is 0 Å². The highest BCUT2D eigenvalue weighted by Crippen LogP contribution is 2.22. The molecule has 0 atom stereocenters. The molecule has 27 heavy (non-hydrogen) atoms. The first kappa shape index (κ1) is 20.1. The molecule has 0 N–H and O–H groups in total. The third-order valence-electron chi connectivity index (χ3n) is 5.63. The average molecular weight is 373 g/mol. The van der Waals surface area contributed by atoms with E-state index in [1.165, 1.54) is 18.4 Å². The zero-order chi connectivity index (χ0) is 19.2. The summed E-state index contributed by atoms with van der Waals surface area (Å²) in [5.74, 6) is 0.714. The van der Waals surface area contributed by atoms with E-state index in [9.17, 15) is 4.79 Å². The molecule has 0 amide bonds. The van der Waals surface area contributed by atoms with E-state index in [1.807, 2.05) is 12.1 Å². The average Bonchev–Trinajstić information content (AvgIpc) is 2.67. The number of fused-ring (bicyclic) bond motifs is 1. The van der Waals surface area contributed by atoms with Crippen LogP contribution >= 0.6 is 0 Å². The summed E-state index contributed by atoms with van der Waals surface area (Å²) in [6, 6.07) is 7.78. The monoisotopic (exact) mass is 372 g/mol. The lowest BCUT2D eigenvalue weighted by Crippen LogP contribution is -2.39. The van der Waals surface area contributed by atoms with Crippen LogP contribution in [0.15, 0.2) is 33.5 Å². The number of benzene rings is 1. The Balaban J connectivity index is 1.63. The molecule has 148 valence electrons. The number of nitrogens with zero attached hydrogens (tertiary/aromatic N) is 2. The summed E-state index contributed by atoms with van der Waals surface area (Å²) in [4.78, 5) is 16.8. The first-order valence-electron chi connectivity index (χ1n) is 10.0. The van der Waals surface area contributed by atoms with Crippen LogP contribution in [-0.4, -0.2) is 56.7 Å². The van der Waals surface area contributed by atoms with Crippen molar-refractivity contribution in [1.29, 1.82) is 0 Å². The maximum atomic E-state index is 12.0. The van der Waals surface area contributed by atoms with Crippen LogP contribution < -0.4 is 5.63 Å². The summed E-state index contributed by atoms with van der Waals surface area (Å²) in [5, 5.41) is 1.06. The summed E-state index contributed by atoms with van der Waals surface area (Å²) in [6.07, 6.45) is 3.43. The Bertz CT molecular complexity index is 794. The van der Waals surface area contributed by atoms with Gasteiger partial charge in [-0.15, -0.1) is 0 Å². The van der Waals surface area contributed by atoms with Crippen LogP contribution in [0.5, 0.6) is 0 Å². The molecule has 0 unspecified atom stereocenters. The zero-order valence-corrected chi connectivity index (χ0v) is 16.9. The molecule has 1 aliphatic heterocycles. The largest absolute Gasteiger partial charge is 0.423 e. The molecule has 1 aliphatic rings. The highest BCUT2D eigenvalue weighted by molar-refractivity contribution is 5.80. The fourth-order valence-electron chi connectivity index (χ4n) is 4.03. The van der Waals surface area contributed by atoms with Crippen LogP contribution in [0.1, 0.15) is 30.9 Å². The van der Waals surface area contributed by atoms with Crippen molar-refractivity contribution >= 4 is 11.0 Å². The smallest absolute Gasteiger partial charge is 0.336 e. The molecule has 0 radical (unpaired) electrons. The van der Waals surface area contributed by atoms with Crippen LogP contribution in [0.3, 0.4) is 0 Å². The van der Waals surface area contributed by atoms with Gasteiger partial charge in [-0.3, -0.25) is 0 Å². The fraction of sp³-hybridized carbons (Fsp3) is 0.591. The van der Waals surface area contributed by atoms with E-state index in [-0.39, 0.29) is 5.63 Å². The standard InChI is InChI=1S/C22H32N2O3/c1-4-17-5-6-21-20(13-17)19(14-22(25)27-21)16-23(2)15-18-7-9-24(10-8-18)11-12-26-3/h5-6,13-14,18H,4,7-12,15-16H2,1-3H3. The van der Waals surface area contributed by atoms with Crippen molar-refractivity contribution < 1.29 is 9.15 Å². The molecule has 0 aliphatic carbocycles. The van der Waals surface area contributed by atoms with Crippen molar-refractivity contribution in [1.82, 2.24) is 9.80 Å². The summed E-state index contributed by atoms with van der Waals surface area (Å²) in [6.45, 7) is 8.13. The molecule has 5 nitrogen and oxygen atoms in total. The zero-order valence-electron chi connectivity index (χ0n) is 16.9. The Morgan fingerprint density at radius 2 is 2.04 bits per heavy atom. The number of hydrogen-bond donors (Lipinski definition) is 0. The van der Waals surface area contributed by atoms with Crippen LogP contribution in [0.25, 0.3) is 11.0 Å². The summed E-state index contributed by atoms with van der Waals surface area (Å²) in [5.41, 5.74) is 2.76. The number of ether oxygens (including phenoxy) is 1. The summed E-state index contributed by atoms with van der Waals surface area (Å²) < 4.78 is 10.6. The third kappa shape index (κ3) is 5.41. The fourth-order valence-corrected chi connectivity index (χ4v) is 4.03. The predicted molar refractivity (Wildman–Crippen MR) is 109 cm³/mol. The van der Waals surface area contributed by atoms with Crippen LogP contribution in [0, 0.1) is 5.92 Å². The molecular formula is C22H32N2O3. The second kappa shape index (κ2) is 9.49. The van der Waals surface area contributed by atoms with E-state index in [0.717, 1.165) is 56.7 Å². The number of methoxy groups -OCH3 is 1. The van der Waals surface area contributed by atoms with Crippen molar-refractivity contribution in [2.45, 2.75) is 32.7 Å². The van der Waals surface area contributed by atoms with Gasteiger partial charge in [0, 0.05) is 38.2 Å². The Kier molecular flexibility index (Phi) is 7.05. The van der Waals surface area contributed by atoms with Crippen LogP contribution in [0.2, 0.25) is 0 Å². The number of hydrogen-bond acceptors (Lipinski definition) is 5. The first-order valence-corrected chi connectivity index (χ1v) is 10.0. The quantitative estimate of drug-likeness (QED) is 0.666. The van der Waals surface area contributed by atoms with Gasteiger partial charge in [-0.25, -0.2) is 4.79 Å². The van der Waals surface area contributed by atoms with Crippen molar-refractivity contribution in [3.05, 3.63) is 45.8 Å². The van der Waals surface area contributed by atoms with Gasteiger partial charge in [-0.2, -0.15) is 0 Å². The van der Waals surface area contributed by atoms with Crippen LogP contribution in [-0.2, 0) is 17.7 Å². The van der Waals surface area contributed by atoms with E-state index in [2.05, 4.69) is 29.8 Å².